The van der Waals surface area contributed by atoms with Crippen LogP contribution in [0.15, 0.2) is 23.1 Å². The molecule has 2 rings (SSSR count). The lowest BCUT2D eigenvalue weighted by Crippen LogP contribution is -2.38. The first kappa shape index (κ1) is 13.8. The molecular formula is C12H13Cl2NO2S. The number of nitrogens with zero attached hydrogens (tertiary/aromatic N) is 1. The Morgan fingerprint density at radius 3 is 2.28 bits per heavy atom. The molecule has 1 N–H and O–H groups in total. The number of thioether (sulfide) groups is 1. The van der Waals surface area contributed by atoms with Crippen LogP contribution in [0.1, 0.15) is 12.8 Å². The number of carbonyl (C=O) groups is 1. The molecule has 1 aromatic rings. The van der Waals surface area contributed by atoms with Gasteiger partial charge in [-0.05, 0) is 31.0 Å². The normalized spacial score (nSPS) is 16.9. The van der Waals surface area contributed by atoms with Gasteiger partial charge in [0.05, 0.1) is 0 Å². The second kappa shape index (κ2) is 6.04. The van der Waals surface area contributed by atoms with Gasteiger partial charge in [-0.2, -0.15) is 0 Å². The lowest BCUT2D eigenvalue weighted by atomic mass is 10.1. The van der Waals surface area contributed by atoms with Crippen molar-refractivity contribution < 1.29 is 9.90 Å². The molecule has 0 radical (unpaired) electrons. The summed E-state index contributed by atoms with van der Waals surface area (Å²) in [4.78, 5) is 13.3. The van der Waals surface area contributed by atoms with Gasteiger partial charge < -0.3 is 10.0 Å². The first-order chi connectivity index (χ1) is 8.54. The Hall–Kier alpha value is -0.580. The number of piperidine rings is 1. The Morgan fingerprint density at radius 1 is 1.22 bits per heavy atom. The highest BCUT2D eigenvalue weighted by Crippen LogP contribution is 2.33. The zero-order chi connectivity index (χ0) is 13.1. The van der Waals surface area contributed by atoms with E-state index in [-0.39, 0.29) is 0 Å². The number of benzene rings is 1. The molecule has 0 bridgehead atoms. The third-order valence-electron chi connectivity index (χ3n) is 2.85. The SMILES string of the molecule is O=C(O)N1CCC(Sc2cc(Cl)cc(Cl)c2)CC1. The summed E-state index contributed by atoms with van der Waals surface area (Å²) in [5.74, 6) is 0. The summed E-state index contributed by atoms with van der Waals surface area (Å²) in [6.45, 7) is 1.20. The van der Waals surface area contributed by atoms with E-state index in [0.717, 1.165) is 17.7 Å². The Labute approximate surface area is 120 Å². The van der Waals surface area contributed by atoms with E-state index in [1.807, 2.05) is 12.1 Å². The third kappa shape index (κ3) is 3.70. The number of carboxylic acid groups (broad SMARTS) is 1. The third-order valence-corrected chi connectivity index (χ3v) is 4.60. The minimum atomic E-state index is -0.829. The Kier molecular flexibility index (Phi) is 4.65. The summed E-state index contributed by atoms with van der Waals surface area (Å²) in [6.07, 6.45) is 0.895. The molecule has 18 heavy (non-hydrogen) atoms. The number of hydrogen-bond acceptors (Lipinski definition) is 2. The highest BCUT2D eigenvalue weighted by molar-refractivity contribution is 8.00. The van der Waals surface area contributed by atoms with Gasteiger partial charge in [0, 0.05) is 33.3 Å². The van der Waals surface area contributed by atoms with Crippen molar-refractivity contribution in [2.45, 2.75) is 23.0 Å². The van der Waals surface area contributed by atoms with Crippen LogP contribution in [-0.4, -0.2) is 34.4 Å². The molecule has 1 fully saturated rings. The Bertz CT molecular complexity index is 427. The monoisotopic (exact) mass is 305 g/mol. The molecule has 1 saturated heterocycles. The van der Waals surface area contributed by atoms with Gasteiger partial charge in [0.25, 0.3) is 0 Å². The van der Waals surface area contributed by atoms with Gasteiger partial charge in [0.15, 0.2) is 0 Å². The summed E-state index contributed by atoms with van der Waals surface area (Å²) in [5, 5.41) is 10.6. The van der Waals surface area contributed by atoms with E-state index in [9.17, 15) is 4.79 Å². The van der Waals surface area contributed by atoms with Gasteiger partial charge in [-0.25, -0.2) is 4.79 Å². The molecule has 1 aromatic carbocycles. The molecule has 6 heteroatoms. The van der Waals surface area contributed by atoms with Gasteiger partial charge in [-0.15, -0.1) is 11.8 Å². The summed E-state index contributed by atoms with van der Waals surface area (Å²) in [6, 6.07) is 5.49. The molecule has 1 heterocycles. The fraction of sp³-hybridized carbons (Fsp3) is 0.417. The van der Waals surface area contributed by atoms with E-state index in [4.69, 9.17) is 28.3 Å². The lowest BCUT2D eigenvalue weighted by molar-refractivity contribution is 0.136. The van der Waals surface area contributed by atoms with Gasteiger partial charge in [-0.3, -0.25) is 0 Å². The Balaban J connectivity index is 1.93. The lowest BCUT2D eigenvalue weighted by Gasteiger charge is -2.29. The average Bonchev–Trinajstić information content (AvgIpc) is 2.28. The van der Waals surface area contributed by atoms with Crippen molar-refractivity contribution in [1.82, 2.24) is 4.90 Å². The number of amides is 1. The van der Waals surface area contributed by atoms with Crippen LogP contribution >= 0.6 is 35.0 Å². The molecule has 3 nitrogen and oxygen atoms in total. The number of rotatable bonds is 2. The second-order valence-corrected chi connectivity index (χ2v) is 6.44. The van der Waals surface area contributed by atoms with Crippen LogP contribution in [-0.2, 0) is 0 Å². The van der Waals surface area contributed by atoms with E-state index in [2.05, 4.69) is 0 Å². The predicted octanol–water partition coefficient (Wildman–Crippen LogP) is 4.23. The fourth-order valence-electron chi connectivity index (χ4n) is 1.95. The standard InChI is InChI=1S/C12H13Cl2NO2S/c13-8-5-9(14)7-11(6-8)18-10-1-3-15(4-2-10)12(16)17/h5-7,10H,1-4H2,(H,16,17). The molecule has 0 aromatic heterocycles. The largest absolute Gasteiger partial charge is 0.465 e. The molecule has 98 valence electrons. The number of likely N-dealkylation sites (tertiary alicyclic amines) is 1. The van der Waals surface area contributed by atoms with Crippen LogP contribution in [0.25, 0.3) is 0 Å². The van der Waals surface area contributed by atoms with Crippen molar-refractivity contribution in [2.75, 3.05) is 13.1 Å². The quantitative estimate of drug-likeness (QED) is 0.889. The average molecular weight is 306 g/mol. The van der Waals surface area contributed by atoms with Gasteiger partial charge in [-0.1, -0.05) is 23.2 Å². The van der Waals surface area contributed by atoms with Crippen molar-refractivity contribution in [2.24, 2.45) is 0 Å². The van der Waals surface area contributed by atoms with Crippen molar-refractivity contribution in [3.05, 3.63) is 28.2 Å². The van der Waals surface area contributed by atoms with Gasteiger partial charge in [0.2, 0.25) is 0 Å². The molecule has 0 spiro atoms. The maximum Gasteiger partial charge on any atom is 0.407 e. The molecular weight excluding hydrogens is 293 g/mol. The second-order valence-electron chi connectivity index (χ2n) is 4.19. The van der Waals surface area contributed by atoms with Crippen molar-refractivity contribution in [1.29, 1.82) is 0 Å². The number of halogens is 2. The summed E-state index contributed by atoms with van der Waals surface area (Å²) < 4.78 is 0. The van der Waals surface area contributed by atoms with Crippen LogP contribution < -0.4 is 0 Å². The minimum absolute atomic E-state index is 0.426. The van der Waals surface area contributed by atoms with E-state index < -0.39 is 6.09 Å². The van der Waals surface area contributed by atoms with E-state index in [1.165, 1.54) is 4.90 Å². The van der Waals surface area contributed by atoms with E-state index >= 15 is 0 Å². The maximum atomic E-state index is 10.8. The molecule has 1 aliphatic rings. The van der Waals surface area contributed by atoms with Crippen molar-refractivity contribution >= 4 is 41.1 Å². The molecule has 1 aliphatic heterocycles. The topological polar surface area (TPSA) is 40.5 Å². The summed E-state index contributed by atoms with van der Waals surface area (Å²) in [7, 11) is 0. The predicted molar refractivity (Wildman–Crippen MR) is 74.9 cm³/mol. The van der Waals surface area contributed by atoms with Crippen LogP contribution in [0.5, 0.6) is 0 Å². The van der Waals surface area contributed by atoms with Crippen LogP contribution in [0.2, 0.25) is 10.0 Å². The molecule has 0 aliphatic carbocycles. The Morgan fingerprint density at radius 2 is 1.78 bits per heavy atom. The van der Waals surface area contributed by atoms with Gasteiger partial charge in [0.1, 0.15) is 0 Å². The van der Waals surface area contributed by atoms with Crippen LogP contribution in [0.4, 0.5) is 4.79 Å². The van der Waals surface area contributed by atoms with Crippen LogP contribution in [0, 0.1) is 0 Å². The molecule has 0 atom stereocenters. The maximum absolute atomic E-state index is 10.8. The highest BCUT2D eigenvalue weighted by Gasteiger charge is 2.22. The van der Waals surface area contributed by atoms with E-state index in [0.29, 0.717) is 28.4 Å². The molecule has 0 unspecified atom stereocenters. The summed E-state index contributed by atoms with van der Waals surface area (Å²) in [5.41, 5.74) is 0. The summed E-state index contributed by atoms with van der Waals surface area (Å²) >= 11 is 13.6. The minimum Gasteiger partial charge on any atom is -0.465 e. The zero-order valence-electron chi connectivity index (χ0n) is 9.60. The smallest absolute Gasteiger partial charge is 0.407 e. The molecule has 0 saturated carbocycles. The molecule has 1 amide bonds. The zero-order valence-corrected chi connectivity index (χ0v) is 11.9. The first-order valence-corrected chi connectivity index (χ1v) is 7.29. The number of hydrogen-bond donors (Lipinski definition) is 1. The first-order valence-electron chi connectivity index (χ1n) is 5.65. The van der Waals surface area contributed by atoms with Crippen molar-refractivity contribution in [3.63, 3.8) is 0 Å². The fourth-order valence-corrected chi connectivity index (χ4v) is 3.83. The highest BCUT2D eigenvalue weighted by atomic mass is 35.5. The van der Waals surface area contributed by atoms with Crippen molar-refractivity contribution in [3.8, 4) is 0 Å². The van der Waals surface area contributed by atoms with Gasteiger partial charge >= 0.3 is 6.09 Å². The van der Waals surface area contributed by atoms with E-state index in [1.54, 1.807) is 17.8 Å². The van der Waals surface area contributed by atoms with Crippen LogP contribution in [0.3, 0.4) is 0 Å².